The van der Waals surface area contributed by atoms with Crippen LogP contribution in [-0.4, -0.2) is 48.1 Å². The van der Waals surface area contributed by atoms with E-state index in [9.17, 15) is 0 Å². The maximum Gasteiger partial charge on any atom is 0.161 e. The zero-order valence-corrected chi connectivity index (χ0v) is 21.1. The number of para-hydroxylation sites is 1. The Morgan fingerprint density at radius 1 is 1.03 bits per heavy atom. The molecule has 0 aliphatic carbocycles. The molecule has 0 unspecified atom stereocenters. The zero-order valence-electron chi connectivity index (χ0n) is 20.3. The molecule has 2 N–H and O–H groups in total. The number of benzene rings is 1. The molecule has 7 rings (SSSR count). The highest BCUT2D eigenvalue weighted by molar-refractivity contribution is 7.15. The van der Waals surface area contributed by atoms with Crippen LogP contribution in [-0.2, 0) is 6.54 Å². The van der Waals surface area contributed by atoms with Crippen molar-refractivity contribution in [2.24, 2.45) is 0 Å². The Morgan fingerprint density at radius 2 is 1.92 bits per heavy atom. The van der Waals surface area contributed by atoms with Gasteiger partial charge < -0.3 is 4.98 Å². The Kier molecular flexibility index (Phi) is 5.33. The number of hydrogen-bond acceptors (Lipinski definition) is 6. The number of imidazole rings is 1. The Labute approximate surface area is 216 Å². The molecule has 7 nitrogen and oxygen atoms in total. The number of nitrogens with zero attached hydrogens (tertiary/aromatic N) is 5. The van der Waals surface area contributed by atoms with Crippen LogP contribution in [0.2, 0.25) is 0 Å². The van der Waals surface area contributed by atoms with Crippen molar-refractivity contribution >= 4 is 33.3 Å². The number of aryl methyl sites for hydroxylation is 1. The third-order valence-electron chi connectivity index (χ3n) is 6.96. The first-order chi connectivity index (χ1) is 18.1. The van der Waals surface area contributed by atoms with Crippen LogP contribution < -0.4 is 0 Å². The molecule has 1 saturated heterocycles. The van der Waals surface area contributed by atoms with Gasteiger partial charge in [0.25, 0.3) is 0 Å². The molecule has 0 bridgehead atoms. The predicted molar refractivity (Wildman–Crippen MR) is 145 cm³/mol. The summed E-state index contributed by atoms with van der Waals surface area (Å²) in [6.45, 7) is 5.08. The molecular weight excluding hydrogens is 485 g/mol. The highest BCUT2D eigenvalue weighted by atomic mass is 32.1. The molecule has 0 amide bonds. The third-order valence-corrected chi connectivity index (χ3v) is 7.99. The number of aromatic amines is 2. The second-order valence-electron chi connectivity index (χ2n) is 9.54. The van der Waals surface area contributed by atoms with Crippen molar-refractivity contribution in [3.8, 4) is 33.2 Å². The second-order valence-corrected chi connectivity index (χ2v) is 10.8. The van der Waals surface area contributed by atoms with Gasteiger partial charge in [0.15, 0.2) is 11.6 Å². The van der Waals surface area contributed by atoms with Crippen molar-refractivity contribution in [3.05, 3.63) is 71.2 Å². The molecule has 0 radical (unpaired) electrons. The van der Waals surface area contributed by atoms with E-state index in [-0.39, 0.29) is 5.69 Å². The number of hydrogen-bond donors (Lipinski definition) is 2. The highest BCUT2D eigenvalue weighted by Gasteiger charge is 2.22. The summed E-state index contributed by atoms with van der Waals surface area (Å²) in [5.74, 6) is 0.0786. The summed E-state index contributed by atoms with van der Waals surface area (Å²) in [5.41, 5.74) is 5.68. The van der Waals surface area contributed by atoms with Crippen molar-refractivity contribution in [1.82, 2.24) is 35.0 Å². The molecule has 184 valence electrons. The van der Waals surface area contributed by atoms with E-state index in [1.165, 1.54) is 17.7 Å². The van der Waals surface area contributed by atoms with Gasteiger partial charge in [-0.1, -0.05) is 12.1 Å². The Bertz CT molecular complexity index is 1760. The first kappa shape index (κ1) is 22.3. The molecule has 9 heteroatoms. The lowest BCUT2D eigenvalue weighted by Gasteiger charge is -2.14. The molecule has 6 aromatic rings. The van der Waals surface area contributed by atoms with E-state index >= 15 is 4.39 Å². The summed E-state index contributed by atoms with van der Waals surface area (Å²) in [6.07, 6.45) is 7.59. The van der Waals surface area contributed by atoms with E-state index in [1.54, 1.807) is 23.7 Å². The largest absolute Gasteiger partial charge is 0.337 e. The van der Waals surface area contributed by atoms with Gasteiger partial charge in [-0.2, -0.15) is 5.10 Å². The summed E-state index contributed by atoms with van der Waals surface area (Å²) in [4.78, 5) is 21.8. The Balaban J connectivity index is 1.31. The molecular formula is C28H24FN7S. The van der Waals surface area contributed by atoms with Crippen LogP contribution >= 0.6 is 11.3 Å². The number of pyridine rings is 2. The lowest BCUT2D eigenvalue weighted by Crippen LogP contribution is -2.18. The molecule has 0 spiro atoms. The topological polar surface area (TPSA) is 86.4 Å². The van der Waals surface area contributed by atoms with E-state index in [0.29, 0.717) is 28.0 Å². The fourth-order valence-electron chi connectivity index (χ4n) is 5.17. The smallest absolute Gasteiger partial charge is 0.161 e. The first-order valence-corrected chi connectivity index (χ1v) is 13.2. The van der Waals surface area contributed by atoms with E-state index in [4.69, 9.17) is 4.98 Å². The number of likely N-dealkylation sites (tertiary alicyclic amines) is 1. The van der Waals surface area contributed by atoms with Crippen LogP contribution in [0.5, 0.6) is 0 Å². The van der Waals surface area contributed by atoms with Crippen LogP contribution in [0, 0.1) is 12.7 Å². The summed E-state index contributed by atoms with van der Waals surface area (Å²) in [5, 5.41) is 7.72. The van der Waals surface area contributed by atoms with E-state index < -0.39 is 5.82 Å². The number of H-pyrrole nitrogens is 2. The van der Waals surface area contributed by atoms with Gasteiger partial charge >= 0.3 is 0 Å². The second kappa shape index (κ2) is 8.86. The number of fused-ring (bicyclic) bond motifs is 2. The van der Waals surface area contributed by atoms with Gasteiger partial charge in [0.05, 0.1) is 28.1 Å². The van der Waals surface area contributed by atoms with E-state index in [1.807, 2.05) is 24.4 Å². The van der Waals surface area contributed by atoms with Gasteiger partial charge in [0.2, 0.25) is 0 Å². The van der Waals surface area contributed by atoms with Gasteiger partial charge in [0, 0.05) is 39.8 Å². The third kappa shape index (κ3) is 3.91. The Hall–Kier alpha value is -3.95. The van der Waals surface area contributed by atoms with Crippen molar-refractivity contribution < 1.29 is 4.39 Å². The molecule has 0 saturated carbocycles. The SMILES string of the molecule is Cc1ccc(-c2cccc3[nH]c(-c4n[nH]c5cnc(-c6cncc(CN7CCCC7)c6)c(F)c45)nc23)s1. The van der Waals surface area contributed by atoms with Crippen LogP contribution in [0.1, 0.15) is 23.3 Å². The molecule has 37 heavy (non-hydrogen) atoms. The summed E-state index contributed by atoms with van der Waals surface area (Å²) < 4.78 is 16.1. The van der Waals surface area contributed by atoms with Crippen LogP contribution in [0.4, 0.5) is 4.39 Å². The van der Waals surface area contributed by atoms with Crippen molar-refractivity contribution in [3.63, 3.8) is 0 Å². The number of aromatic nitrogens is 6. The van der Waals surface area contributed by atoms with E-state index in [0.717, 1.165) is 46.7 Å². The maximum absolute atomic E-state index is 16.1. The molecule has 5 aromatic heterocycles. The first-order valence-electron chi connectivity index (χ1n) is 12.4. The minimum absolute atomic E-state index is 0.261. The van der Waals surface area contributed by atoms with Gasteiger partial charge in [-0.05, 0) is 62.7 Å². The predicted octanol–water partition coefficient (Wildman–Crippen LogP) is 6.34. The van der Waals surface area contributed by atoms with Crippen molar-refractivity contribution in [2.45, 2.75) is 26.3 Å². The summed E-state index contributed by atoms with van der Waals surface area (Å²) in [6, 6.07) is 12.2. The fourth-order valence-corrected chi connectivity index (χ4v) is 6.07. The summed E-state index contributed by atoms with van der Waals surface area (Å²) in [7, 11) is 0. The molecule has 0 atom stereocenters. The number of halogens is 1. The quantitative estimate of drug-likeness (QED) is 0.283. The van der Waals surface area contributed by atoms with Gasteiger partial charge in [-0.25, -0.2) is 9.37 Å². The molecule has 1 fully saturated rings. The number of rotatable bonds is 5. The highest BCUT2D eigenvalue weighted by Crippen LogP contribution is 2.36. The zero-order chi connectivity index (χ0) is 24.9. The van der Waals surface area contributed by atoms with Gasteiger partial charge in [-0.3, -0.25) is 20.0 Å². The Morgan fingerprint density at radius 3 is 2.76 bits per heavy atom. The summed E-state index contributed by atoms with van der Waals surface area (Å²) >= 11 is 1.72. The molecule has 1 aliphatic rings. The average molecular weight is 510 g/mol. The van der Waals surface area contributed by atoms with Crippen LogP contribution in [0.3, 0.4) is 0 Å². The maximum atomic E-state index is 16.1. The number of thiophene rings is 1. The van der Waals surface area contributed by atoms with Gasteiger partial charge in [0.1, 0.15) is 11.4 Å². The minimum Gasteiger partial charge on any atom is -0.337 e. The monoisotopic (exact) mass is 509 g/mol. The fraction of sp³-hybridized carbons (Fsp3) is 0.214. The minimum atomic E-state index is -0.434. The van der Waals surface area contributed by atoms with E-state index in [2.05, 4.69) is 55.2 Å². The van der Waals surface area contributed by atoms with Gasteiger partial charge in [-0.15, -0.1) is 11.3 Å². The van der Waals surface area contributed by atoms with Crippen molar-refractivity contribution in [1.29, 1.82) is 0 Å². The molecule has 1 aromatic carbocycles. The van der Waals surface area contributed by atoms with Crippen molar-refractivity contribution in [2.75, 3.05) is 13.1 Å². The lowest BCUT2D eigenvalue weighted by atomic mass is 10.1. The molecule has 1 aliphatic heterocycles. The average Bonchev–Trinajstić information content (AvgIpc) is 3.70. The van der Waals surface area contributed by atoms with Crippen LogP contribution in [0.15, 0.2) is 55.0 Å². The number of nitrogens with one attached hydrogen (secondary N) is 2. The standard InChI is InChI=1S/C28H24FN7S/c1-16-7-8-22(37-16)19-5-4-6-20-26(19)33-28(32-20)27-23-21(34-35-27)14-31-25(24(23)29)18-11-17(12-30-13-18)15-36-9-2-3-10-36/h4-8,11-14H,2-3,9-10,15H2,1H3,(H,32,33)(H,34,35). The molecule has 6 heterocycles. The normalized spacial score (nSPS) is 14.3. The van der Waals surface area contributed by atoms with Crippen LogP contribution in [0.25, 0.3) is 55.2 Å². The lowest BCUT2D eigenvalue weighted by molar-refractivity contribution is 0.331.